The first-order chi connectivity index (χ1) is 8.65. The van der Waals surface area contributed by atoms with E-state index in [-0.39, 0.29) is 5.78 Å². The molecule has 0 atom stereocenters. The molecule has 0 N–H and O–H groups in total. The van der Waals surface area contributed by atoms with Gasteiger partial charge in [-0.3, -0.25) is 4.79 Å². The third-order valence-corrected chi connectivity index (χ3v) is 2.95. The fourth-order valence-corrected chi connectivity index (χ4v) is 1.87. The van der Waals surface area contributed by atoms with Gasteiger partial charge >= 0.3 is 0 Å². The molecule has 0 saturated heterocycles. The van der Waals surface area contributed by atoms with Crippen LogP contribution in [0.5, 0.6) is 0 Å². The molecule has 1 nitrogen and oxygen atoms in total. The number of carbonyl (C=O) groups excluding carboxylic acids is 1. The highest BCUT2D eigenvalue weighted by Gasteiger charge is 2.01. The van der Waals surface area contributed by atoms with Crippen molar-refractivity contribution in [2.24, 2.45) is 0 Å². The molecule has 0 aromatic heterocycles. The Morgan fingerprint density at radius 3 is 2.50 bits per heavy atom. The Bertz CT molecular complexity index is 630. The molecule has 0 aliphatic heterocycles. The summed E-state index contributed by atoms with van der Waals surface area (Å²) in [4.78, 5) is 11.8. The average Bonchev–Trinajstić information content (AvgIpc) is 2.38. The highest BCUT2D eigenvalue weighted by molar-refractivity contribution is 9.10. The Balaban J connectivity index is 2.20. The molecule has 18 heavy (non-hydrogen) atoms. The van der Waals surface area contributed by atoms with Gasteiger partial charge in [0.15, 0.2) is 0 Å². The number of benzene rings is 2. The molecule has 2 rings (SSSR count). The summed E-state index contributed by atoms with van der Waals surface area (Å²) in [6.45, 7) is 2.02. The number of halogens is 1. The summed E-state index contributed by atoms with van der Waals surface area (Å²) in [7, 11) is 0. The van der Waals surface area contributed by atoms with E-state index in [4.69, 9.17) is 0 Å². The maximum absolute atomic E-state index is 11.8. The molecular formula is C16H11BrO. The van der Waals surface area contributed by atoms with Gasteiger partial charge in [-0.25, -0.2) is 0 Å². The fourth-order valence-electron chi connectivity index (χ4n) is 1.47. The van der Waals surface area contributed by atoms with Crippen LogP contribution in [0.4, 0.5) is 0 Å². The highest BCUT2D eigenvalue weighted by Crippen LogP contribution is 2.11. The van der Waals surface area contributed by atoms with Crippen molar-refractivity contribution in [2.75, 3.05) is 0 Å². The Hall–Kier alpha value is -1.85. The van der Waals surface area contributed by atoms with E-state index in [1.54, 1.807) is 12.1 Å². The fraction of sp³-hybridized carbons (Fsp3) is 0.0625. The lowest BCUT2D eigenvalue weighted by atomic mass is 10.1. The molecule has 2 aromatic rings. The number of rotatable bonds is 1. The molecular weight excluding hydrogens is 288 g/mol. The average molecular weight is 299 g/mol. The van der Waals surface area contributed by atoms with Gasteiger partial charge in [0.2, 0.25) is 5.78 Å². The van der Waals surface area contributed by atoms with Crippen LogP contribution in [0, 0.1) is 18.8 Å². The Labute approximate surface area is 115 Å². The monoisotopic (exact) mass is 298 g/mol. The summed E-state index contributed by atoms with van der Waals surface area (Å²) in [5, 5.41) is 0. The van der Waals surface area contributed by atoms with Gasteiger partial charge in [0.1, 0.15) is 0 Å². The predicted octanol–water partition coefficient (Wildman–Crippen LogP) is 3.99. The van der Waals surface area contributed by atoms with Crippen molar-refractivity contribution in [2.45, 2.75) is 6.92 Å². The van der Waals surface area contributed by atoms with E-state index in [9.17, 15) is 4.79 Å². The van der Waals surface area contributed by atoms with Crippen LogP contribution >= 0.6 is 15.9 Å². The lowest BCUT2D eigenvalue weighted by molar-refractivity contribution is 0.105. The minimum absolute atomic E-state index is 0.170. The summed E-state index contributed by atoms with van der Waals surface area (Å²) in [5.41, 5.74) is 2.63. The second kappa shape index (κ2) is 5.66. The number of carbonyl (C=O) groups is 1. The molecule has 0 aliphatic rings. The molecule has 0 spiro atoms. The number of aryl methyl sites for hydroxylation is 1. The lowest BCUT2D eigenvalue weighted by Gasteiger charge is -1.94. The molecule has 0 amide bonds. The van der Waals surface area contributed by atoms with Crippen molar-refractivity contribution >= 4 is 21.7 Å². The van der Waals surface area contributed by atoms with Crippen LogP contribution in [-0.2, 0) is 0 Å². The van der Waals surface area contributed by atoms with Gasteiger partial charge in [-0.2, -0.15) is 0 Å². The van der Waals surface area contributed by atoms with E-state index in [2.05, 4.69) is 27.8 Å². The molecule has 0 heterocycles. The Morgan fingerprint density at radius 2 is 1.83 bits per heavy atom. The smallest absolute Gasteiger partial charge is 0.236 e. The van der Waals surface area contributed by atoms with E-state index in [1.807, 2.05) is 43.3 Å². The van der Waals surface area contributed by atoms with Crippen molar-refractivity contribution in [1.29, 1.82) is 0 Å². The van der Waals surface area contributed by atoms with Gasteiger partial charge in [-0.05, 0) is 37.1 Å². The van der Waals surface area contributed by atoms with E-state index >= 15 is 0 Å². The van der Waals surface area contributed by atoms with Crippen LogP contribution in [-0.4, -0.2) is 5.78 Å². The standard InChI is InChI=1S/C16H11BrO/c1-12-5-7-13(8-6-12)9-10-16(18)14-3-2-4-15(17)11-14/h2-8,11H,1H3. The molecule has 0 radical (unpaired) electrons. The largest absolute Gasteiger partial charge is 0.279 e. The topological polar surface area (TPSA) is 17.1 Å². The zero-order chi connectivity index (χ0) is 13.0. The zero-order valence-corrected chi connectivity index (χ0v) is 11.5. The first kappa shape index (κ1) is 12.6. The van der Waals surface area contributed by atoms with Crippen molar-refractivity contribution in [3.63, 3.8) is 0 Å². The Kier molecular flexibility index (Phi) is 3.96. The molecule has 2 heteroatoms. The first-order valence-electron chi connectivity index (χ1n) is 5.54. The molecule has 88 valence electrons. The van der Waals surface area contributed by atoms with Gasteiger partial charge in [0.25, 0.3) is 0 Å². The minimum Gasteiger partial charge on any atom is -0.279 e. The SMILES string of the molecule is Cc1ccc(C#CC(=O)c2cccc(Br)c2)cc1. The van der Waals surface area contributed by atoms with Gasteiger partial charge < -0.3 is 0 Å². The van der Waals surface area contributed by atoms with Crippen LogP contribution in [0.25, 0.3) is 0 Å². The van der Waals surface area contributed by atoms with Gasteiger partial charge in [0.05, 0.1) is 0 Å². The maximum Gasteiger partial charge on any atom is 0.236 e. The van der Waals surface area contributed by atoms with Crippen molar-refractivity contribution < 1.29 is 4.79 Å². The van der Waals surface area contributed by atoms with Crippen molar-refractivity contribution in [3.05, 3.63) is 69.7 Å². The van der Waals surface area contributed by atoms with Crippen LogP contribution in [0.1, 0.15) is 21.5 Å². The van der Waals surface area contributed by atoms with Crippen LogP contribution < -0.4 is 0 Å². The number of hydrogen-bond acceptors (Lipinski definition) is 1. The second-order valence-electron chi connectivity index (χ2n) is 3.96. The summed E-state index contributed by atoms with van der Waals surface area (Å²) >= 11 is 3.33. The van der Waals surface area contributed by atoms with Crippen LogP contribution in [0.15, 0.2) is 53.0 Å². The Morgan fingerprint density at radius 1 is 1.11 bits per heavy atom. The minimum atomic E-state index is -0.170. The predicted molar refractivity (Wildman–Crippen MR) is 76.5 cm³/mol. The molecule has 0 saturated carbocycles. The van der Waals surface area contributed by atoms with Gasteiger partial charge in [-0.15, -0.1) is 0 Å². The van der Waals surface area contributed by atoms with E-state index in [1.165, 1.54) is 5.56 Å². The summed E-state index contributed by atoms with van der Waals surface area (Å²) < 4.78 is 0.880. The lowest BCUT2D eigenvalue weighted by Crippen LogP contribution is -1.94. The third kappa shape index (κ3) is 3.32. The molecule has 0 bridgehead atoms. The van der Waals surface area contributed by atoms with Crippen LogP contribution in [0.3, 0.4) is 0 Å². The molecule has 0 unspecified atom stereocenters. The number of hydrogen-bond donors (Lipinski definition) is 0. The summed E-state index contributed by atoms with van der Waals surface area (Å²) in [6, 6.07) is 15.0. The first-order valence-corrected chi connectivity index (χ1v) is 6.33. The quantitative estimate of drug-likeness (QED) is 0.575. The normalized spacial score (nSPS) is 9.44. The van der Waals surface area contributed by atoms with Gasteiger partial charge in [0, 0.05) is 15.6 Å². The number of ketones is 1. The molecule has 2 aromatic carbocycles. The second-order valence-corrected chi connectivity index (χ2v) is 4.87. The van der Waals surface area contributed by atoms with Crippen LogP contribution in [0.2, 0.25) is 0 Å². The number of Topliss-reactive ketones (excluding diaryl/α,β-unsaturated/α-hetero) is 1. The molecule has 0 fully saturated rings. The molecule has 0 aliphatic carbocycles. The van der Waals surface area contributed by atoms with E-state index in [0.29, 0.717) is 5.56 Å². The van der Waals surface area contributed by atoms with Gasteiger partial charge in [-0.1, -0.05) is 51.7 Å². The van der Waals surface area contributed by atoms with Crippen molar-refractivity contribution in [3.8, 4) is 11.8 Å². The maximum atomic E-state index is 11.8. The highest BCUT2D eigenvalue weighted by atomic mass is 79.9. The summed E-state index contributed by atoms with van der Waals surface area (Å²) in [6.07, 6.45) is 0. The zero-order valence-electron chi connectivity index (χ0n) is 9.91. The summed E-state index contributed by atoms with van der Waals surface area (Å²) in [5.74, 6) is 5.36. The van der Waals surface area contributed by atoms with E-state index < -0.39 is 0 Å². The third-order valence-electron chi connectivity index (χ3n) is 2.46. The van der Waals surface area contributed by atoms with E-state index in [0.717, 1.165) is 10.0 Å². The van der Waals surface area contributed by atoms with Crippen molar-refractivity contribution in [1.82, 2.24) is 0 Å².